The molecule has 4 heterocycles. The molecule has 118 valence electrons. The van der Waals surface area contributed by atoms with Crippen LogP contribution < -0.4 is 4.90 Å². The topological polar surface area (TPSA) is 7.68 Å². The molecule has 3 unspecified atom stereocenters. The highest BCUT2D eigenvalue weighted by Gasteiger charge is 2.45. The molecular weight excluding hydrogens is 280 g/mol. The van der Waals surface area contributed by atoms with Gasteiger partial charge in [0.25, 0.3) is 0 Å². The Morgan fingerprint density at radius 3 is 2.35 bits per heavy atom. The standard InChI is InChI=1S/C21H24N2/c1-2-6-16(7-3-1)19-14-23(20-9-5-4-8-18(19)20)21-15-22-12-10-17(21)11-13-22/h1-9,17,19,21H,10-15H2/p+1. The lowest BCUT2D eigenvalue weighted by Crippen LogP contribution is -3.13. The lowest BCUT2D eigenvalue weighted by molar-refractivity contribution is -0.862. The molecule has 2 heteroatoms. The Morgan fingerprint density at radius 2 is 1.61 bits per heavy atom. The molecule has 23 heavy (non-hydrogen) atoms. The fourth-order valence-corrected chi connectivity index (χ4v) is 5.23. The van der Waals surface area contributed by atoms with Gasteiger partial charge in [-0.25, -0.2) is 0 Å². The molecule has 0 amide bonds. The molecule has 0 spiro atoms. The molecule has 3 atom stereocenters. The highest BCUT2D eigenvalue weighted by Crippen LogP contribution is 2.35. The number of nitrogens with zero attached hydrogens (tertiary/aromatic N) is 1. The lowest BCUT2D eigenvalue weighted by Gasteiger charge is -2.46. The molecule has 3 saturated heterocycles. The van der Waals surface area contributed by atoms with Gasteiger partial charge in [0.1, 0.15) is 11.7 Å². The summed E-state index contributed by atoms with van der Waals surface area (Å²) >= 11 is 0. The van der Waals surface area contributed by atoms with E-state index in [1.165, 1.54) is 44.6 Å². The first kappa shape index (κ1) is 13.8. The average Bonchev–Trinajstić information content (AvgIpc) is 3.03. The largest absolute Gasteiger partial charge is 0.298 e. The maximum atomic E-state index is 2.69. The van der Waals surface area contributed by atoms with Gasteiger partial charge in [-0.1, -0.05) is 48.5 Å². The summed E-state index contributed by atoms with van der Waals surface area (Å²) in [5.74, 6) is 1.50. The second-order valence-electron chi connectivity index (χ2n) is 7.52. The van der Waals surface area contributed by atoms with Gasteiger partial charge in [-0.3, -0.25) is 9.80 Å². The highest BCUT2D eigenvalue weighted by atomic mass is 15.3. The molecule has 2 nitrogen and oxygen atoms in total. The third-order valence-electron chi connectivity index (χ3n) is 6.41. The fraction of sp³-hybridized carbons (Fsp3) is 0.429. The minimum absolute atomic E-state index is 0.567. The predicted octanol–water partition coefficient (Wildman–Crippen LogP) is 2.44. The van der Waals surface area contributed by atoms with Gasteiger partial charge in [-0.15, -0.1) is 0 Å². The Kier molecular flexibility index (Phi) is 3.27. The summed E-state index contributed by atoms with van der Waals surface area (Å²) in [5.41, 5.74) is 4.61. The van der Waals surface area contributed by atoms with Crippen LogP contribution in [0.4, 0.5) is 5.69 Å². The Bertz CT molecular complexity index is 688. The summed E-state index contributed by atoms with van der Waals surface area (Å²) in [4.78, 5) is 4.44. The van der Waals surface area contributed by atoms with Crippen LogP contribution >= 0.6 is 0 Å². The highest BCUT2D eigenvalue weighted by molar-refractivity contribution is 5.49. The first-order valence-corrected chi connectivity index (χ1v) is 9.12. The van der Waals surface area contributed by atoms with Gasteiger partial charge < -0.3 is 0 Å². The van der Waals surface area contributed by atoms with E-state index in [0.29, 0.717) is 5.92 Å². The summed E-state index contributed by atoms with van der Waals surface area (Å²) in [7, 11) is 0. The monoisotopic (exact) mass is 305 g/mol. The molecule has 2 bridgehead atoms. The van der Waals surface area contributed by atoms with Crippen molar-refractivity contribution in [2.45, 2.75) is 24.8 Å². The Labute approximate surface area is 138 Å². The number of benzene rings is 2. The van der Waals surface area contributed by atoms with Crippen LogP contribution in [-0.2, 0) is 0 Å². The molecule has 4 aliphatic heterocycles. The normalized spacial score (nSPS) is 35.2. The molecular formula is C21H25N2+. The van der Waals surface area contributed by atoms with Crippen molar-refractivity contribution in [2.75, 3.05) is 26.2 Å². The van der Waals surface area contributed by atoms with Gasteiger partial charge in [-0.2, -0.15) is 0 Å². The zero-order valence-electron chi connectivity index (χ0n) is 13.6. The van der Waals surface area contributed by atoms with Gasteiger partial charge in [-0.05, 0) is 37.6 Å². The molecule has 2 aromatic rings. The number of quaternary nitrogens is 1. The predicted molar refractivity (Wildman–Crippen MR) is 93.2 cm³/mol. The molecule has 4 aliphatic rings. The van der Waals surface area contributed by atoms with Crippen molar-refractivity contribution in [3.05, 3.63) is 65.7 Å². The molecule has 2 aromatic carbocycles. The molecule has 0 saturated carbocycles. The van der Waals surface area contributed by atoms with E-state index in [9.17, 15) is 0 Å². The Morgan fingerprint density at radius 1 is 0.870 bits per heavy atom. The van der Waals surface area contributed by atoms with E-state index >= 15 is 0 Å². The smallest absolute Gasteiger partial charge is 0.135 e. The van der Waals surface area contributed by atoms with E-state index in [4.69, 9.17) is 0 Å². The first-order chi connectivity index (χ1) is 11.4. The van der Waals surface area contributed by atoms with Crippen molar-refractivity contribution in [3.63, 3.8) is 0 Å². The Balaban J connectivity index is 1.52. The third-order valence-corrected chi connectivity index (χ3v) is 6.41. The molecule has 0 radical (unpaired) electrons. The van der Waals surface area contributed by atoms with Crippen molar-refractivity contribution in [1.29, 1.82) is 0 Å². The van der Waals surface area contributed by atoms with Gasteiger partial charge >= 0.3 is 0 Å². The van der Waals surface area contributed by atoms with Crippen LogP contribution in [0.2, 0.25) is 0 Å². The summed E-state index contributed by atoms with van der Waals surface area (Å²) in [6.07, 6.45) is 2.82. The van der Waals surface area contributed by atoms with E-state index in [1.807, 2.05) is 0 Å². The molecule has 1 N–H and O–H groups in total. The number of rotatable bonds is 2. The minimum atomic E-state index is 0.567. The number of fused-ring (bicyclic) bond motifs is 4. The zero-order chi connectivity index (χ0) is 15.2. The maximum absolute atomic E-state index is 2.69. The second-order valence-corrected chi connectivity index (χ2v) is 7.52. The molecule has 0 aliphatic carbocycles. The van der Waals surface area contributed by atoms with E-state index in [1.54, 1.807) is 16.2 Å². The van der Waals surface area contributed by atoms with Crippen LogP contribution in [0.1, 0.15) is 29.9 Å². The molecule has 6 rings (SSSR count). The number of hydrogen-bond acceptors (Lipinski definition) is 1. The number of hydrogen-bond donors (Lipinski definition) is 1. The van der Waals surface area contributed by atoms with E-state index in [-0.39, 0.29) is 0 Å². The summed E-state index contributed by atoms with van der Waals surface area (Å²) in [6, 6.07) is 21.1. The van der Waals surface area contributed by atoms with E-state index in [2.05, 4.69) is 59.5 Å². The van der Waals surface area contributed by atoms with Gasteiger partial charge in [0.05, 0.1) is 19.0 Å². The summed E-state index contributed by atoms with van der Waals surface area (Å²) in [6.45, 7) is 5.20. The summed E-state index contributed by atoms with van der Waals surface area (Å²) < 4.78 is 0. The molecule has 3 fully saturated rings. The zero-order valence-corrected chi connectivity index (χ0v) is 13.6. The van der Waals surface area contributed by atoms with Gasteiger partial charge in [0.2, 0.25) is 0 Å². The quantitative estimate of drug-likeness (QED) is 0.895. The Hall–Kier alpha value is -1.64. The molecule has 0 aromatic heterocycles. The van der Waals surface area contributed by atoms with Crippen LogP contribution in [0.25, 0.3) is 0 Å². The van der Waals surface area contributed by atoms with E-state index < -0.39 is 0 Å². The SMILES string of the molecule is c1ccc(C2C[NH+](C3CN4CCC3CC4)c3ccccc32)cc1. The van der Waals surface area contributed by atoms with Crippen molar-refractivity contribution >= 4 is 5.69 Å². The van der Waals surface area contributed by atoms with Crippen LogP contribution in [0.15, 0.2) is 54.6 Å². The number of nitrogens with one attached hydrogen (secondary N) is 1. The first-order valence-electron chi connectivity index (χ1n) is 9.12. The van der Waals surface area contributed by atoms with Crippen LogP contribution in [-0.4, -0.2) is 37.1 Å². The maximum Gasteiger partial charge on any atom is 0.135 e. The lowest BCUT2D eigenvalue weighted by atomic mass is 9.83. The van der Waals surface area contributed by atoms with Crippen molar-refractivity contribution in [2.24, 2.45) is 5.92 Å². The van der Waals surface area contributed by atoms with Crippen molar-refractivity contribution < 1.29 is 4.90 Å². The fourth-order valence-electron chi connectivity index (χ4n) is 5.23. The van der Waals surface area contributed by atoms with Crippen LogP contribution in [0, 0.1) is 5.92 Å². The summed E-state index contributed by atoms with van der Waals surface area (Å²) in [5, 5.41) is 0. The van der Waals surface area contributed by atoms with Crippen LogP contribution in [0.5, 0.6) is 0 Å². The van der Waals surface area contributed by atoms with Gasteiger partial charge in [0.15, 0.2) is 0 Å². The van der Waals surface area contributed by atoms with E-state index in [0.717, 1.165) is 12.0 Å². The average molecular weight is 305 g/mol. The minimum Gasteiger partial charge on any atom is -0.298 e. The number of piperidine rings is 3. The van der Waals surface area contributed by atoms with Crippen molar-refractivity contribution in [3.8, 4) is 0 Å². The second kappa shape index (κ2) is 5.47. The third kappa shape index (κ3) is 2.24. The van der Waals surface area contributed by atoms with Gasteiger partial charge in [0, 0.05) is 11.5 Å². The van der Waals surface area contributed by atoms with Crippen molar-refractivity contribution in [1.82, 2.24) is 4.90 Å². The number of para-hydroxylation sites is 1. The van der Waals surface area contributed by atoms with Crippen LogP contribution in [0.3, 0.4) is 0 Å².